The van der Waals surface area contributed by atoms with E-state index in [1.807, 2.05) is 0 Å². The van der Waals surface area contributed by atoms with Gasteiger partial charge in [-0.3, -0.25) is 0 Å². The van der Waals surface area contributed by atoms with E-state index in [0.717, 1.165) is 30.9 Å². The molecular formula is C16H31NO. The van der Waals surface area contributed by atoms with Crippen molar-refractivity contribution < 1.29 is 4.74 Å². The highest BCUT2D eigenvalue weighted by Gasteiger charge is 2.33. The Labute approximate surface area is 113 Å². The van der Waals surface area contributed by atoms with Crippen LogP contribution in [0.25, 0.3) is 0 Å². The van der Waals surface area contributed by atoms with Gasteiger partial charge >= 0.3 is 0 Å². The normalized spacial score (nSPS) is 30.8. The molecule has 2 unspecified atom stereocenters. The first-order chi connectivity index (χ1) is 8.77. The third kappa shape index (κ3) is 4.24. The Morgan fingerprint density at radius 3 is 2.56 bits per heavy atom. The third-order valence-electron chi connectivity index (χ3n) is 4.57. The third-order valence-corrected chi connectivity index (χ3v) is 4.57. The van der Waals surface area contributed by atoms with E-state index in [1.165, 1.54) is 51.5 Å². The maximum Gasteiger partial charge on any atom is 0.0643 e. The van der Waals surface area contributed by atoms with Gasteiger partial charge in [-0.25, -0.2) is 0 Å². The molecule has 106 valence electrons. The minimum absolute atomic E-state index is 0.554. The van der Waals surface area contributed by atoms with Crippen LogP contribution in [0.2, 0.25) is 0 Å². The average molecular weight is 253 g/mol. The van der Waals surface area contributed by atoms with Gasteiger partial charge in [-0.05, 0) is 50.0 Å². The fraction of sp³-hybridized carbons (Fsp3) is 1.00. The number of nitrogens with one attached hydrogen (secondary N) is 1. The molecule has 1 aliphatic heterocycles. The average Bonchev–Trinajstić information content (AvgIpc) is 2.40. The summed E-state index contributed by atoms with van der Waals surface area (Å²) in [4.78, 5) is 0. The second-order valence-electron chi connectivity index (χ2n) is 6.69. The molecule has 0 aromatic heterocycles. The van der Waals surface area contributed by atoms with Crippen LogP contribution in [0.1, 0.15) is 58.8 Å². The smallest absolute Gasteiger partial charge is 0.0643 e. The predicted octanol–water partition coefficient (Wildman–Crippen LogP) is 3.61. The van der Waals surface area contributed by atoms with Crippen LogP contribution in [0, 0.1) is 17.8 Å². The molecule has 1 N–H and O–H groups in total. The summed E-state index contributed by atoms with van der Waals surface area (Å²) in [5, 5.41) is 3.64. The van der Waals surface area contributed by atoms with Crippen LogP contribution in [0.3, 0.4) is 0 Å². The number of ether oxygens (including phenoxy) is 1. The van der Waals surface area contributed by atoms with Crippen molar-refractivity contribution in [1.82, 2.24) is 5.32 Å². The molecule has 0 spiro atoms. The van der Waals surface area contributed by atoms with Crippen molar-refractivity contribution >= 4 is 0 Å². The molecule has 1 aliphatic carbocycles. The largest absolute Gasteiger partial charge is 0.378 e. The summed E-state index contributed by atoms with van der Waals surface area (Å²) in [6, 6.07) is 0. The van der Waals surface area contributed by atoms with Gasteiger partial charge in [0.15, 0.2) is 0 Å². The standard InChI is InChI=1S/C16H31NO/c1-13(2)11-17-12-15-9-6-10-18-16(15)14-7-4-3-5-8-14/h13-17H,3-12H2,1-2H3. The van der Waals surface area contributed by atoms with Gasteiger partial charge in [0.1, 0.15) is 0 Å². The van der Waals surface area contributed by atoms with Crippen molar-refractivity contribution in [2.45, 2.75) is 64.9 Å². The van der Waals surface area contributed by atoms with Gasteiger partial charge < -0.3 is 10.1 Å². The van der Waals surface area contributed by atoms with Crippen LogP contribution in [0.15, 0.2) is 0 Å². The SMILES string of the molecule is CC(C)CNCC1CCCOC1C1CCCCC1. The van der Waals surface area contributed by atoms with Crippen molar-refractivity contribution in [3.63, 3.8) is 0 Å². The second-order valence-corrected chi connectivity index (χ2v) is 6.69. The lowest BCUT2D eigenvalue weighted by atomic mass is 9.78. The summed E-state index contributed by atoms with van der Waals surface area (Å²) in [6.45, 7) is 7.88. The van der Waals surface area contributed by atoms with E-state index in [1.54, 1.807) is 0 Å². The van der Waals surface area contributed by atoms with Gasteiger partial charge in [-0.2, -0.15) is 0 Å². The minimum Gasteiger partial charge on any atom is -0.378 e. The first-order valence-corrected chi connectivity index (χ1v) is 8.09. The second kappa shape index (κ2) is 7.49. The predicted molar refractivity (Wildman–Crippen MR) is 76.7 cm³/mol. The number of hydrogen-bond donors (Lipinski definition) is 1. The van der Waals surface area contributed by atoms with Gasteiger partial charge in [0, 0.05) is 13.2 Å². The Kier molecular flexibility index (Phi) is 5.97. The van der Waals surface area contributed by atoms with E-state index in [9.17, 15) is 0 Å². The zero-order valence-corrected chi connectivity index (χ0v) is 12.3. The molecule has 0 aromatic rings. The lowest BCUT2D eigenvalue weighted by Gasteiger charge is -2.39. The van der Waals surface area contributed by atoms with Crippen molar-refractivity contribution in [2.24, 2.45) is 17.8 Å². The van der Waals surface area contributed by atoms with E-state index in [4.69, 9.17) is 4.74 Å². The molecule has 2 atom stereocenters. The first kappa shape index (κ1) is 14.3. The lowest BCUT2D eigenvalue weighted by Crippen LogP contribution is -2.42. The Hall–Kier alpha value is -0.0800. The fourth-order valence-electron chi connectivity index (χ4n) is 3.62. The minimum atomic E-state index is 0.554. The summed E-state index contributed by atoms with van der Waals surface area (Å²) >= 11 is 0. The molecule has 0 aromatic carbocycles. The van der Waals surface area contributed by atoms with Gasteiger partial charge in [-0.1, -0.05) is 33.1 Å². The molecule has 1 heterocycles. The van der Waals surface area contributed by atoms with Crippen molar-refractivity contribution in [3.05, 3.63) is 0 Å². The fourth-order valence-corrected chi connectivity index (χ4v) is 3.62. The Bertz CT molecular complexity index is 223. The quantitative estimate of drug-likeness (QED) is 0.808. The summed E-state index contributed by atoms with van der Waals surface area (Å²) in [5.41, 5.74) is 0. The van der Waals surface area contributed by atoms with Crippen molar-refractivity contribution in [2.75, 3.05) is 19.7 Å². The molecule has 2 rings (SSSR count). The van der Waals surface area contributed by atoms with Gasteiger partial charge in [0.25, 0.3) is 0 Å². The lowest BCUT2D eigenvalue weighted by molar-refractivity contribution is -0.0679. The maximum absolute atomic E-state index is 6.15. The summed E-state index contributed by atoms with van der Waals surface area (Å²) < 4.78 is 6.15. The molecular weight excluding hydrogens is 222 g/mol. The van der Waals surface area contributed by atoms with Crippen LogP contribution in [-0.2, 0) is 4.74 Å². The molecule has 0 amide bonds. The van der Waals surface area contributed by atoms with Gasteiger partial charge in [-0.15, -0.1) is 0 Å². The Morgan fingerprint density at radius 2 is 1.83 bits per heavy atom. The van der Waals surface area contributed by atoms with E-state index in [-0.39, 0.29) is 0 Å². The zero-order valence-electron chi connectivity index (χ0n) is 12.3. The molecule has 2 aliphatic rings. The summed E-state index contributed by atoms with van der Waals surface area (Å²) in [5.74, 6) is 2.37. The van der Waals surface area contributed by atoms with Crippen LogP contribution in [0.4, 0.5) is 0 Å². The highest BCUT2D eigenvalue weighted by molar-refractivity contribution is 4.84. The molecule has 2 heteroatoms. The molecule has 18 heavy (non-hydrogen) atoms. The molecule has 0 bridgehead atoms. The van der Waals surface area contributed by atoms with Gasteiger partial charge in [0.2, 0.25) is 0 Å². The number of hydrogen-bond acceptors (Lipinski definition) is 2. The monoisotopic (exact) mass is 253 g/mol. The van der Waals surface area contributed by atoms with Crippen molar-refractivity contribution in [3.8, 4) is 0 Å². The molecule has 1 saturated heterocycles. The van der Waals surface area contributed by atoms with E-state index in [0.29, 0.717) is 6.10 Å². The van der Waals surface area contributed by atoms with Crippen LogP contribution < -0.4 is 5.32 Å². The number of rotatable bonds is 5. The van der Waals surface area contributed by atoms with E-state index in [2.05, 4.69) is 19.2 Å². The zero-order chi connectivity index (χ0) is 12.8. The molecule has 1 saturated carbocycles. The van der Waals surface area contributed by atoms with Crippen LogP contribution >= 0.6 is 0 Å². The molecule has 2 nitrogen and oxygen atoms in total. The highest BCUT2D eigenvalue weighted by atomic mass is 16.5. The highest BCUT2D eigenvalue weighted by Crippen LogP contribution is 2.34. The van der Waals surface area contributed by atoms with Crippen LogP contribution in [0.5, 0.6) is 0 Å². The maximum atomic E-state index is 6.15. The summed E-state index contributed by atoms with van der Waals surface area (Å²) in [6.07, 6.45) is 10.3. The Morgan fingerprint density at radius 1 is 1.06 bits per heavy atom. The first-order valence-electron chi connectivity index (χ1n) is 8.09. The molecule has 0 radical (unpaired) electrons. The molecule has 2 fully saturated rings. The van der Waals surface area contributed by atoms with Crippen LogP contribution in [-0.4, -0.2) is 25.8 Å². The van der Waals surface area contributed by atoms with E-state index < -0.39 is 0 Å². The Balaban J connectivity index is 1.80. The van der Waals surface area contributed by atoms with Crippen molar-refractivity contribution in [1.29, 1.82) is 0 Å². The topological polar surface area (TPSA) is 21.3 Å². The summed E-state index contributed by atoms with van der Waals surface area (Å²) in [7, 11) is 0. The van der Waals surface area contributed by atoms with E-state index >= 15 is 0 Å². The van der Waals surface area contributed by atoms with Gasteiger partial charge in [0.05, 0.1) is 6.10 Å².